The number of nitrogens with one attached hydrogen (secondary N) is 1. The number of imidazole rings is 1. The Morgan fingerprint density at radius 3 is 2.96 bits per heavy atom. The molecule has 0 saturated heterocycles. The summed E-state index contributed by atoms with van der Waals surface area (Å²) < 4.78 is 12.2. The highest BCUT2D eigenvalue weighted by atomic mass is 16.5. The van der Waals surface area contributed by atoms with E-state index >= 15 is 0 Å². The monoisotopic (exact) mass is 347 g/mol. The molecule has 9 heteroatoms. The lowest BCUT2D eigenvalue weighted by molar-refractivity contribution is -0.139. The first kappa shape index (κ1) is 17.3. The molecule has 2 aliphatic rings. The molecule has 2 atom stereocenters. The van der Waals surface area contributed by atoms with Gasteiger partial charge in [0.25, 0.3) is 5.91 Å². The summed E-state index contributed by atoms with van der Waals surface area (Å²) in [5.74, 6) is -0.713. The van der Waals surface area contributed by atoms with Crippen LogP contribution in [0.3, 0.4) is 0 Å². The van der Waals surface area contributed by atoms with E-state index in [9.17, 15) is 9.59 Å². The third-order valence-electron chi connectivity index (χ3n) is 4.11. The summed E-state index contributed by atoms with van der Waals surface area (Å²) in [6.45, 7) is 2.60. The fourth-order valence-electron chi connectivity index (χ4n) is 2.77. The van der Waals surface area contributed by atoms with Crippen LogP contribution in [0.15, 0.2) is 40.2 Å². The fourth-order valence-corrected chi connectivity index (χ4v) is 2.77. The molecule has 3 heterocycles. The van der Waals surface area contributed by atoms with Crippen molar-refractivity contribution in [3.05, 3.63) is 30.0 Å². The molecule has 0 radical (unpaired) electrons. The van der Waals surface area contributed by atoms with E-state index in [1.54, 1.807) is 19.4 Å². The molecule has 9 nitrogen and oxygen atoms in total. The molecule has 0 fully saturated rings. The Morgan fingerprint density at radius 2 is 2.28 bits per heavy atom. The smallest absolute Gasteiger partial charge is 0.338 e. The van der Waals surface area contributed by atoms with Gasteiger partial charge in [0, 0.05) is 24.5 Å². The number of carbonyl (C=O) groups is 2. The third-order valence-corrected chi connectivity index (χ3v) is 4.11. The van der Waals surface area contributed by atoms with E-state index in [1.807, 2.05) is 10.8 Å². The van der Waals surface area contributed by atoms with E-state index in [0.29, 0.717) is 37.1 Å². The van der Waals surface area contributed by atoms with Gasteiger partial charge in [-0.15, -0.1) is 0 Å². The van der Waals surface area contributed by atoms with E-state index in [0.717, 1.165) is 0 Å². The molecule has 0 spiro atoms. The van der Waals surface area contributed by atoms with Gasteiger partial charge in [-0.3, -0.25) is 4.79 Å². The zero-order chi connectivity index (χ0) is 17.6. The van der Waals surface area contributed by atoms with E-state index in [1.165, 1.54) is 0 Å². The highest BCUT2D eigenvalue weighted by Gasteiger charge is 2.28. The van der Waals surface area contributed by atoms with Crippen LogP contribution in [0.5, 0.6) is 0 Å². The molecule has 1 amide bonds. The van der Waals surface area contributed by atoms with Crippen molar-refractivity contribution in [2.24, 2.45) is 10.2 Å². The largest absolute Gasteiger partial charge is 0.463 e. The first-order valence-electron chi connectivity index (χ1n) is 8.34. The number of rotatable bonds is 5. The summed E-state index contributed by atoms with van der Waals surface area (Å²) in [6.07, 6.45) is 6.81. The van der Waals surface area contributed by atoms with Crippen LogP contribution in [0.2, 0.25) is 0 Å². The van der Waals surface area contributed by atoms with Crippen LogP contribution in [-0.4, -0.2) is 47.3 Å². The number of ether oxygens (including phenoxy) is 2. The van der Waals surface area contributed by atoms with E-state index in [2.05, 4.69) is 20.5 Å². The van der Waals surface area contributed by atoms with Gasteiger partial charge in [-0.2, -0.15) is 10.2 Å². The Kier molecular flexibility index (Phi) is 5.54. The van der Waals surface area contributed by atoms with Crippen molar-refractivity contribution < 1.29 is 19.1 Å². The number of azo groups is 1. The summed E-state index contributed by atoms with van der Waals surface area (Å²) in [4.78, 5) is 28.4. The van der Waals surface area contributed by atoms with Crippen molar-refractivity contribution in [2.75, 3.05) is 19.8 Å². The van der Waals surface area contributed by atoms with Crippen molar-refractivity contribution >= 4 is 11.9 Å². The summed E-state index contributed by atoms with van der Waals surface area (Å²) >= 11 is 0. The number of nitrogens with zero attached hydrogens (tertiary/aromatic N) is 4. The van der Waals surface area contributed by atoms with Gasteiger partial charge in [0.1, 0.15) is 12.2 Å². The lowest BCUT2D eigenvalue weighted by Gasteiger charge is -2.24. The maximum absolute atomic E-state index is 12.5. The third kappa shape index (κ3) is 4.11. The van der Waals surface area contributed by atoms with Crippen molar-refractivity contribution in [1.82, 2.24) is 14.9 Å². The number of hydrogen-bond donors (Lipinski definition) is 1. The average molecular weight is 347 g/mol. The van der Waals surface area contributed by atoms with Gasteiger partial charge in [0.05, 0.1) is 31.7 Å². The highest BCUT2D eigenvalue weighted by Crippen LogP contribution is 2.24. The maximum atomic E-state index is 12.5. The Bertz CT molecular complexity index is 683. The molecule has 0 bridgehead atoms. The Hall–Kier alpha value is -2.55. The number of esters is 1. The topological polar surface area (TPSA) is 107 Å². The van der Waals surface area contributed by atoms with E-state index in [-0.39, 0.29) is 25.3 Å². The summed E-state index contributed by atoms with van der Waals surface area (Å²) in [5, 5.41) is 11.2. The molecule has 3 rings (SSSR count). The van der Waals surface area contributed by atoms with Gasteiger partial charge >= 0.3 is 5.97 Å². The zero-order valence-electron chi connectivity index (χ0n) is 14.1. The van der Waals surface area contributed by atoms with Crippen molar-refractivity contribution in [2.45, 2.75) is 38.4 Å². The Balaban J connectivity index is 1.65. The fraction of sp³-hybridized carbons (Fsp3) is 0.562. The van der Waals surface area contributed by atoms with Gasteiger partial charge in [0.15, 0.2) is 0 Å². The van der Waals surface area contributed by atoms with Gasteiger partial charge in [-0.05, 0) is 19.8 Å². The molecule has 1 N–H and O–H groups in total. The second-order valence-electron chi connectivity index (χ2n) is 5.78. The van der Waals surface area contributed by atoms with Gasteiger partial charge < -0.3 is 19.4 Å². The SMILES string of the molecule is CCOC(=O)C1=C(NC(=O)C2CCC(n3ccnc3)N=N2)CCOC1. The lowest BCUT2D eigenvalue weighted by atomic mass is 10.1. The van der Waals surface area contributed by atoms with Crippen molar-refractivity contribution in [1.29, 1.82) is 0 Å². The molecule has 2 aliphatic heterocycles. The maximum Gasteiger partial charge on any atom is 0.338 e. The molecule has 1 aromatic rings. The minimum Gasteiger partial charge on any atom is -0.463 e. The van der Waals surface area contributed by atoms with Crippen molar-refractivity contribution in [3.63, 3.8) is 0 Å². The highest BCUT2D eigenvalue weighted by molar-refractivity contribution is 5.92. The quantitative estimate of drug-likeness (QED) is 0.809. The molecule has 2 unspecified atom stereocenters. The molecule has 0 aliphatic carbocycles. The summed E-state index contributed by atoms with van der Waals surface area (Å²) in [5.41, 5.74) is 0.923. The molecular weight excluding hydrogens is 326 g/mol. The minimum absolute atomic E-state index is 0.121. The molecule has 0 aromatic carbocycles. The normalized spacial score (nSPS) is 23.4. The minimum atomic E-state index is -0.557. The Labute approximate surface area is 145 Å². The summed E-state index contributed by atoms with van der Waals surface area (Å²) in [7, 11) is 0. The van der Waals surface area contributed by atoms with Crippen molar-refractivity contribution in [3.8, 4) is 0 Å². The first-order valence-corrected chi connectivity index (χ1v) is 8.34. The number of aromatic nitrogens is 2. The average Bonchev–Trinajstić information content (AvgIpc) is 3.17. The molecular formula is C16H21N5O4. The first-order chi connectivity index (χ1) is 12.2. The number of carbonyl (C=O) groups excluding carboxylic acids is 2. The van der Waals surface area contributed by atoms with Crippen LogP contribution in [0, 0.1) is 0 Å². The molecule has 0 saturated carbocycles. The second-order valence-corrected chi connectivity index (χ2v) is 5.78. The standard InChI is InChI=1S/C16H21N5O4/c1-2-25-16(23)11-9-24-8-5-12(11)18-15(22)13-3-4-14(20-19-13)21-7-6-17-10-21/h6-7,10,13-14H,2-5,8-9H2,1H3,(H,18,22). The predicted molar refractivity (Wildman–Crippen MR) is 86.4 cm³/mol. The van der Waals surface area contributed by atoms with Crippen LogP contribution >= 0.6 is 0 Å². The van der Waals surface area contributed by atoms with Crippen LogP contribution in [0.1, 0.15) is 32.4 Å². The zero-order valence-corrected chi connectivity index (χ0v) is 14.1. The number of hydrogen-bond acceptors (Lipinski definition) is 7. The Morgan fingerprint density at radius 1 is 1.40 bits per heavy atom. The second kappa shape index (κ2) is 8.02. The van der Waals surface area contributed by atoms with Crippen LogP contribution in [0.4, 0.5) is 0 Å². The van der Waals surface area contributed by atoms with Crippen LogP contribution < -0.4 is 5.32 Å². The summed E-state index contributed by atoms with van der Waals surface area (Å²) in [6, 6.07) is -0.557. The molecule has 134 valence electrons. The van der Waals surface area contributed by atoms with Gasteiger partial charge in [-0.1, -0.05) is 0 Å². The van der Waals surface area contributed by atoms with E-state index < -0.39 is 12.0 Å². The van der Waals surface area contributed by atoms with Gasteiger partial charge in [-0.25, -0.2) is 9.78 Å². The number of amides is 1. The van der Waals surface area contributed by atoms with E-state index in [4.69, 9.17) is 9.47 Å². The van der Waals surface area contributed by atoms with Crippen LogP contribution in [0.25, 0.3) is 0 Å². The van der Waals surface area contributed by atoms with Gasteiger partial charge in [0.2, 0.25) is 0 Å². The predicted octanol–water partition coefficient (Wildman–Crippen LogP) is 1.35. The molecule has 1 aromatic heterocycles. The lowest BCUT2D eigenvalue weighted by Crippen LogP contribution is -2.37. The van der Waals surface area contributed by atoms with Crippen LogP contribution in [-0.2, 0) is 19.1 Å². The molecule has 25 heavy (non-hydrogen) atoms.